The van der Waals surface area contributed by atoms with E-state index in [9.17, 15) is 0 Å². The number of nitrogens with zero attached hydrogens (tertiary/aromatic N) is 3. The van der Waals surface area contributed by atoms with Crippen LogP contribution in [0.25, 0.3) is 11.2 Å². The molecule has 2 aromatic heterocycles. The summed E-state index contributed by atoms with van der Waals surface area (Å²) >= 11 is 7.46. The maximum absolute atomic E-state index is 7.64. The number of hydrogen-bond donors (Lipinski definition) is 3. The van der Waals surface area contributed by atoms with Crippen molar-refractivity contribution in [3.8, 4) is 0 Å². The van der Waals surface area contributed by atoms with Crippen LogP contribution in [0.2, 0.25) is 5.02 Å². The lowest BCUT2D eigenvalue weighted by Crippen LogP contribution is -2.13. The van der Waals surface area contributed by atoms with Crippen molar-refractivity contribution in [2.24, 2.45) is 5.73 Å². The molecule has 0 unspecified atom stereocenters. The van der Waals surface area contributed by atoms with Gasteiger partial charge < -0.3 is 10.7 Å². The van der Waals surface area contributed by atoms with Crippen molar-refractivity contribution < 1.29 is 0 Å². The van der Waals surface area contributed by atoms with E-state index in [0.29, 0.717) is 21.3 Å². The first-order valence-electron chi connectivity index (χ1n) is 5.61. The fraction of sp³-hybridized carbons (Fsp3) is 0. The minimum Gasteiger partial charge on any atom is -0.384 e. The van der Waals surface area contributed by atoms with E-state index in [4.69, 9.17) is 22.7 Å². The Bertz CT molecular complexity index is 799. The molecule has 8 heteroatoms. The fourth-order valence-corrected chi connectivity index (χ4v) is 3.14. The van der Waals surface area contributed by atoms with Crippen LogP contribution in [-0.4, -0.2) is 25.8 Å². The lowest BCUT2D eigenvalue weighted by molar-refractivity contribution is 1.08. The normalized spacial score (nSPS) is 10.8. The highest BCUT2D eigenvalue weighted by molar-refractivity contribution is 7.99. The number of amidine groups is 1. The van der Waals surface area contributed by atoms with Gasteiger partial charge in [0.1, 0.15) is 22.7 Å². The van der Waals surface area contributed by atoms with Crippen LogP contribution in [0.3, 0.4) is 0 Å². The fourth-order valence-electron chi connectivity index (χ4n) is 1.78. The molecule has 0 saturated carbocycles. The van der Waals surface area contributed by atoms with Crippen LogP contribution in [0.5, 0.6) is 0 Å². The summed E-state index contributed by atoms with van der Waals surface area (Å²) < 4.78 is 0. The van der Waals surface area contributed by atoms with Gasteiger partial charge in [0, 0.05) is 10.5 Å². The molecule has 3 aromatic rings. The lowest BCUT2D eigenvalue weighted by atomic mass is 10.2. The van der Waals surface area contributed by atoms with Crippen molar-refractivity contribution in [3.05, 3.63) is 41.4 Å². The van der Waals surface area contributed by atoms with Crippen molar-refractivity contribution in [3.63, 3.8) is 0 Å². The average molecular weight is 305 g/mol. The predicted molar refractivity (Wildman–Crippen MR) is 78.3 cm³/mol. The molecule has 0 fully saturated rings. The molecule has 2 heterocycles. The summed E-state index contributed by atoms with van der Waals surface area (Å²) in [5, 5.41) is 8.79. The van der Waals surface area contributed by atoms with Gasteiger partial charge in [0.05, 0.1) is 11.3 Å². The number of halogens is 1. The van der Waals surface area contributed by atoms with Gasteiger partial charge in [0.2, 0.25) is 0 Å². The Morgan fingerprint density at radius 2 is 2.15 bits per heavy atom. The summed E-state index contributed by atoms with van der Waals surface area (Å²) in [6.45, 7) is 0. The van der Waals surface area contributed by atoms with Crippen molar-refractivity contribution in [2.45, 2.75) is 9.92 Å². The maximum Gasteiger partial charge on any atom is 0.181 e. The standard InChI is InChI=1S/C12H9ClN6S/c13-6-2-1-3-7(8(6)10(14)15)20-12-9-11(17-4-16-9)18-5-19-12/h1-5H,(H3,14,15)(H,16,17,18,19). The Hall–Kier alpha value is -2.12. The number of H-pyrrole nitrogens is 1. The number of fused-ring (bicyclic) bond motifs is 1. The average Bonchev–Trinajstić information content (AvgIpc) is 2.87. The molecule has 0 bridgehead atoms. The summed E-state index contributed by atoms with van der Waals surface area (Å²) in [7, 11) is 0. The quantitative estimate of drug-likeness (QED) is 0.391. The summed E-state index contributed by atoms with van der Waals surface area (Å²) in [6, 6.07) is 5.36. The number of imidazole rings is 1. The molecule has 0 saturated heterocycles. The highest BCUT2D eigenvalue weighted by Crippen LogP contribution is 2.34. The number of aromatic amines is 1. The van der Waals surface area contributed by atoms with E-state index in [0.717, 1.165) is 10.4 Å². The zero-order chi connectivity index (χ0) is 14.1. The third-order valence-electron chi connectivity index (χ3n) is 2.64. The zero-order valence-electron chi connectivity index (χ0n) is 10.1. The van der Waals surface area contributed by atoms with E-state index >= 15 is 0 Å². The molecule has 0 amide bonds. The largest absolute Gasteiger partial charge is 0.384 e. The third-order valence-corrected chi connectivity index (χ3v) is 4.02. The van der Waals surface area contributed by atoms with Gasteiger partial charge >= 0.3 is 0 Å². The van der Waals surface area contributed by atoms with Crippen LogP contribution in [0.15, 0.2) is 40.8 Å². The van der Waals surface area contributed by atoms with Crippen LogP contribution in [0, 0.1) is 5.41 Å². The molecular weight excluding hydrogens is 296 g/mol. The minimum atomic E-state index is -0.0759. The molecule has 1 aromatic carbocycles. The van der Waals surface area contributed by atoms with Gasteiger partial charge in [-0.25, -0.2) is 15.0 Å². The lowest BCUT2D eigenvalue weighted by Gasteiger charge is -2.09. The Kier molecular flexibility index (Phi) is 3.29. The molecular formula is C12H9ClN6S. The van der Waals surface area contributed by atoms with Crippen LogP contribution < -0.4 is 5.73 Å². The molecule has 0 aliphatic rings. The number of hydrogen-bond acceptors (Lipinski definition) is 5. The van der Waals surface area contributed by atoms with Gasteiger partial charge in [-0.1, -0.05) is 29.4 Å². The molecule has 0 aliphatic carbocycles. The summed E-state index contributed by atoms with van der Waals surface area (Å²) in [5.74, 6) is -0.0759. The smallest absolute Gasteiger partial charge is 0.181 e. The van der Waals surface area contributed by atoms with Crippen molar-refractivity contribution in [1.82, 2.24) is 19.9 Å². The zero-order valence-corrected chi connectivity index (χ0v) is 11.7. The number of nitrogen functional groups attached to an aromatic ring is 1. The highest BCUT2D eigenvalue weighted by atomic mass is 35.5. The molecule has 0 radical (unpaired) electrons. The molecule has 0 aliphatic heterocycles. The number of nitrogens with one attached hydrogen (secondary N) is 2. The van der Waals surface area contributed by atoms with Crippen LogP contribution in [0.4, 0.5) is 0 Å². The third kappa shape index (κ3) is 2.21. The first-order valence-corrected chi connectivity index (χ1v) is 6.81. The molecule has 100 valence electrons. The number of nitrogens with two attached hydrogens (primary N) is 1. The molecule has 3 rings (SSSR count). The molecule has 6 nitrogen and oxygen atoms in total. The van der Waals surface area contributed by atoms with Crippen LogP contribution >= 0.6 is 23.4 Å². The SMILES string of the molecule is N=C(N)c1c(Cl)cccc1Sc1ncnc2nc[nH]c12. The molecule has 4 N–H and O–H groups in total. The number of rotatable bonds is 3. The second kappa shape index (κ2) is 5.10. The van der Waals surface area contributed by atoms with Gasteiger partial charge in [-0.05, 0) is 12.1 Å². The first-order chi connectivity index (χ1) is 9.66. The molecule has 0 spiro atoms. The van der Waals surface area contributed by atoms with Crippen molar-refractivity contribution in [1.29, 1.82) is 5.41 Å². The Morgan fingerprint density at radius 3 is 2.95 bits per heavy atom. The van der Waals surface area contributed by atoms with Gasteiger partial charge in [0.15, 0.2) is 5.65 Å². The van der Waals surface area contributed by atoms with Crippen molar-refractivity contribution in [2.75, 3.05) is 0 Å². The van der Waals surface area contributed by atoms with E-state index in [-0.39, 0.29) is 5.84 Å². The van der Waals surface area contributed by atoms with Crippen LogP contribution in [0.1, 0.15) is 5.56 Å². The second-order valence-electron chi connectivity index (χ2n) is 3.91. The van der Waals surface area contributed by atoms with E-state index in [2.05, 4.69) is 19.9 Å². The summed E-state index contributed by atoms with van der Waals surface area (Å²) in [5.41, 5.74) is 7.43. The number of benzene rings is 1. The van der Waals surface area contributed by atoms with E-state index in [1.54, 1.807) is 12.4 Å². The van der Waals surface area contributed by atoms with Gasteiger partial charge in [0.25, 0.3) is 0 Å². The Morgan fingerprint density at radius 1 is 1.30 bits per heavy atom. The van der Waals surface area contributed by atoms with E-state index in [1.165, 1.54) is 18.1 Å². The number of aromatic nitrogens is 4. The van der Waals surface area contributed by atoms with Gasteiger partial charge in [-0.3, -0.25) is 5.41 Å². The van der Waals surface area contributed by atoms with E-state index < -0.39 is 0 Å². The molecule has 0 atom stereocenters. The van der Waals surface area contributed by atoms with Crippen LogP contribution in [-0.2, 0) is 0 Å². The van der Waals surface area contributed by atoms with E-state index in [1.807, 2.05) is 12.1 Å². The van der Waals surface area contributed by atoms with Gasteiger partial charge in [-0.2, -0.15) is 0 Å². The Balaban J connectivity index is 2.10. The van der Waals surface area contributed by atoms with Gasteiger partial charge in [-0.15, -0.1) is 0 Å². The summed E-state index contributed by atoms with van der Waals surface area (Å²) in [4.78, 5) is 16.1. The molecule has 20 heavy (non-hydrogen) atoms. The maximum atomic E-state index is 7.64. The highest BCUT2D eigenvalue weighted by Gasteiger charge is 2.14. The Labute approximate surface area is 123 Å². The first kappa shape index (κ1) is 12.9. The topological polar surface area (TPSA) is 104 Å². The monoisotopic (exact) mass is 304 g/mol. The summed E-state index contributed by atoms with van der Waals surface area (Å²) in [6.07, 6.45) is 3.01. The second-order valence-corrected chi connectivity index (χ2v) is 5.35. The minimum absolute atomic E-state index is 0.0759. The predicted octanol–water partition coefficient (Wildman–Crippen LogP) is 2.44. The van der Waals surface area contributed by atoms with Crippen molar-refractivity contribution >= 4 is 40.4 Å².